The van der Waals surface area contributed by atoms with Gasteiger partial charge in [-0.1, -0.05) is 30.3 Å². The highest BCUT2D eigenvalue weighted by Crippen LogP contribution is 2.27. The predicted octanol–water partition coefficient (Wildman–Crippen LogP) is 2.54. The minimum absolute atomic E-state index is 0.0227. The van der Waals surface area contributed by atoms with Gasteiger partial charge in [0.2, 0.25) is 0 Å². The van der Waals surface area contributed by atoms with Crippen LogP contribution < -0.4 is 10.1 Å². The number of fused-ring (bicyclic) bond motifs is 1. The van der Waals surface area contributed by atoms with Crippen molar-refractivity contribution < 1.29 is 14.6 Å². The van der Waals surface area contributed by atoms with Crippen LogP contribution in [0.15, 0.2) is 48.5 Å². The lowest BCUT2D eigenvalue weighted by molar-refractivity contribution is 0.191. The van der Waals surface area contributed by atoms with Crippen molar-refractivity contribution in [1.29, 1.82) is 0 Å². The number of urea groups is 1. The molecule has 1 aliphatic rings. The van der Waals surface area contributed by atoms with Gasteiger partial charge in [-0.15, -0.1) is 0 Å². The largest absolute Gasteiger partial charge is 0.508 e. The SMILES string of the molecule is CN(Cc1cccc(O)c1)C(=O)NC[C@@H]1Cc2ccccc2O1. The number of benzene rings is 2. The number of phenols is 1. The van der Waals surface area contributed by atoms with Gasteiger partial charge in [-0.2, -0.15) is 0 Å². The van der Waals surface area contributed by atoms with Gasteiger partial charge in [0, 0.05) is 20.0 Å². The number of nitrogens with zero attached hydrogens (tertiary/aromatic N) is 1. The molecule has 0 unspecified atom stereocenters. The fraction of sp³-hybridized carbons (Fsp3) is 0.278. The molecule has 0 bridgehead atoms. The normalized spacial score (nSPS) is 15.6. The zero-order valence-corrected chi connectivity index (χ0v) is 13.0. The maximum Gasteiger partial charge on any atom is 0.317 e. The van der Waals surface area contributed by atoms with E-state index in [2.05, 4.69) is 5.32 Å². The van der Waals surface area contributed by atoms with Gasteiger partial charge >= 0.3 is 6.03 Å². The van der Waals surface area contributed by atoms with E-state index in [-0.39, 0.29) is 17.9 Å². The molecular weight excluding hydrogens is 292 g/mol. The molecule has 1 heterocycles. The number of hydrogen-bond donors (Lipinski definition) is 2. The van der Waals surface area contributed by atoms with E-state index < -0.39 is 0 Å². The molecule has 5 nitrogen and oxygen atoms in total. The van der Waals surface area contributed by atoms with Crippen LogP contribution in [-0.4, -0.2) is 35.7 Å². The van der Waals surface area contributed by atoms with Crippen LogP contribution in [-0.2, 0) is 13.0 Å². The summed E-state index contributed by atoms with van der Waals surface area (Å²) in [5.74, 6) is 1.10. The molecule has 0 aromatic heterocycles. The summed E-state index contributed by atoms with van der Waals surface area (Å²) in [6, 6.07) is 14.7. The van der Waals surface area contributed by atoms with Crippen LogP contribution in [0.5, 0.6) is 11.5 Å². The second-order valence-corrected chi connectivity index (χ2v) is 5.76. The smallest absolute Gasteiger partial charge is 0.317 e. The van der Waals surface area contributed by atoms with Gasteiger partial charge in [0.15, 0.2) is 0 Å². The molecule has 1 atom stereocenters. The van der Waals surface area contributed by atoms with E-state index in [0.29, 0.717) is 13.1 Å². The van der Waals surface area contributed by atoms with E-state index in [4.69, 9.17) is 4.74 Å². The molecule has 2 N–H and O–H groups in total. The van der Waals surface area contributed by atoms with E-state index in [0.717, 1.165) is 17.7 Å². The number of rotatable bonds is 4. The first kappa shape index (κ1) is 15.2. The first-order chi connectivity index (χ1) is 11.1. The number of nitrogens with one attached hydrogen (secondary N) is 1. The lowest BCUT2D eigenvalue weighted by Crippen LogP contribution is -2.41. The average Bonchev–Trinajstić information content (AvgIpc) is 2.95. The second-order valence-electron chi connectivity index (χ2n) is 5.76. The Morgan fingerprint density at radius 2 is 2.13 bits per heavy atom. The molecule has 120 valence electrons. The Morgan fingerprint density at radius 1 is 1.30 bits per heavy atom. The molecule has 2 aromatic carbocycles. The molecule has 3 rings (SSSR count). The number of para-hydroxylation sites is 1. The maximum atomic E-state index is 12.2. The van der Waals surface area contributed by atoms with E-state index in [1.807, 2.05) is 30.3 Å². The second kappa shape index (κ2) is 6.60. The summed E-state index contributed by atoms with van der Waals surface area (Å²) in [7, 11) is 1.73. The number of ether oxygens (including phenoxy) is 1. The third kappa shape index (κ3) is 3.74. The summed E-state index contributed by atoms with van der Waals surface area (Å²) >= 11 is 0. The number of aromatic hydroxyl groups is 1. The van der Waals surface area contributed by atoms with Crippen molar-refractivity contribution in [1.82, 2.24) is 10.2 Å². The van der Waals surface area contributed by atoms with Crippen LogP contribution >= 0.6 is 0 Å². The van der Waals surface area contributed by atoms with Gasteiger partial charge in [-0.3, -0.25) is 0 Å². The first-order valence-corrected chi connectivity index (χ1v) is 7.63. The van der Waals surface area contributed by atoms with Crippen molar-refractivity contribution >= 4 is 6.03 Å². The third-order valence-corrected chi connectivity index (χ3v) is 3.87. The molecule has 2 amide bonds. The van der Waals surface area contributed by atoms with E-state index >= 15 is 0 Å². The van der Waals surface area contributed by atoms with Gasteiger partial charge in [0.05, 0.1) is 6.54 Å². The monoisotopic (exact) mass is 312 g/mol. The topological polar surface area (TPSA) is 61.8 Å². The van der Waals surface area contributed by atoms with Crippen molar-refractivity contribution in [3.8, 4) is 11.5 Å². The summed E-state index contributed by atoms with van der Waals surface area (Å²) in [6.45, 7) is 0.907. The van der Waals surface area contributed by atoms with Gasteiger partial charge in [0.1, 0.15) is 17.6 Å². The highest BCUT2D eigenvalue weighted by Gasteiger charge is 2.23. The number of carbonyl (C=O) groups is 1. The molecule has 2 aromatic rings. The van der Waals surface area contributed by atoms with E-state index in [1.165, 1.54) is 5.56 Å². The van der Waals surface area contributed by atoms with Crippen molar-refractivity contribution in [2.75, 3.05) is 13.6 Å². The molecule has 0 saturated heterocycles. The summed E-state index contributed by atoms with van der Waals surface area (Å²) < 4.78 is 5.80. The van der Waals surface area contributed by atoms with E-state index in [1.54, 1.807) is 30.1 Å². The summed E-state index contributed by atoms with van der Waals surface area (Å²) in [5.41, 5.74) is 2.06. The first-order valence-electron chi connectivity index (χ1n) is 7.63. The Kier molecular flexibility index (Phi) is 4.37. The van der Waals surface area contributed by atoms with Crippen LogP contribution in [0.4, 0.5) is 4.79 Å². The summed E-state index contributed by atoms with van der Waals surface area (Å²) in [4.78, 5) is 13.7. The fourth-order valence-corrected chi connectivity index (χ4v) is 2.70. The van der Waals surface area contributed by atoms with Crippen LogP contribution in [0.25, 0.3) is 0 Å². The Morgan fingerprint density at radius 3 is 2.91 bits per heavy atom. The third-order valence-electron chi connectivity index (χ3n) is 3.87. The van der Waals surface area contributed by atoms with Gasteiger partial charge in [0.25, 0.3) is 0 Å². The molecule has 5 heteroatoms. The Bertz CT molecular complexity index is 677. The Labute approximate surface area is 135 Å². The number of carbonyl (C=O) groups excluding carboxylic acids is 1. The van der Waals surface area contributed by atoms with Gasteiger partial charge in [-0.25, -0.2) is 4.79 Å². The van der Waals surface area contributed by atoms with E-state index in [9.17, 15) is 9.90 Å². The molecule has 1 aliphatic heterocycles. The fourth-order valence-electron chi connectivity index (χ4n) is 2.70. The number of hydrogen-bond acceptors (Lipinski definition) is 3. The molecule has 0 spiro atoms. The lowest BCUT2D eigenvalue weighted by Gasteiger charge is -2.19. The summed E-state index contributed by atoms with van der Waals surface area (Å²) in [6.07, 6.45) is 0.790. The Balaban J connectivity index is 1.48. The van der Waals surface area contributed by atoms with Crippen molar-refractivity contribution in [3.63, 3.8) is 0 Å². The molecule has 23 heavy (non-hydrogen) atoms. The Hall–Kier alpha value is -2.69. The summed E-state index contributed by atoms with van der Waals surface area (Å²) in [5, 5.41) is 12.4. The van der Waals surface area contributed by atoms with Gasteiger partial charge in [-0.05, 0) is 29.3 Å². The standard InChI is InChI=1S/C18H20N2O3/c1-20(12-13-5-4-7-15(21)9-13)18(22)19-11-16-10-14-6-2-3-8-17(14)23-16/h2-9,16,21H,10-12H2,1H3,(H,19,22)/t16-/m0/s1. The average molecular weight is 312 g/mol. The zero-order chi connectivity index (χ0) is 16.2. The van der Waals surface area contributed by atoms with Crippen LogP contribution in [0.1, 0.15) is 11.1 Å². The van der Waals surface area contributed by atoms with Crippen LogP contribution in [0.3, 0.4) is 0 Å². The highest BCUT2D eigenvalue weighted by molar-refractivity contribution is 5.73. The zero-order valence-electron chi connectivity index (χ0n) is 13.0. The number of phenolic OH excluding ortho intramolecular Hbond substituents is 1. The molecule has 0 fully saturated rings. The predicted molar refractivity (Wildman–Crippen MR) is 87.5 cm³/mol. The lowest BCUT2D eigenvalue weighted by atomic mass is 10.1. The van der Waals surface area contributed by atoms with Crippen LogP contribution in [0, 0.1) is 0 Å². The van der Waals surface area contributed by atoms with Crippen molar-refractivity contribution in [2.24, 2.45) is 0 Å². The molecular formula is C18H20N2O3. The van der Waals surface area contributed by atoms with Crippen molar-refractivity contribution in [3.05, 3.63) is 59.7 Å². The maximum absolute atomic E-state index is 12.2. The van der Waals surface area contributed by atoms with Crippen LogP contribution in [0.2, 0.25) is 0 Å². The minimum atomic E-state index is -0.159. The quantitative estimate of drug-likeness (QED) is 0.912. The van der Waals surface area contributed by atoms with Crippen molar-refractivity contribution in [2.45, 2.75) is 19.1 Å². The highest BCUT2D eigenvalue weighted by atomic mass is 16.5. The minimum Gasteiger partial charge on any atom is -0.508 e. The number of amides is 2. The molecule has 0 aliphatic carbocycles. The molecule has 0 saturated carbocycles. The van der Waals surface area contributed by atoms with Gasteiger partial charge < -0.3 is 20.1 Å². The molecule has 0 radical (unpaired) electrons.